The SMILES string of the molecule is CCCCC/C=C\C/C=C\CCCCCCCCCC(=O)OC(COC(=O)CCCCCCCCCCCCC)COP(=O)(O)OCC(CO)OC(=O)CCCCCCC/C=C\CCCCCCCC. The van der Waals surface area contributed by atoms with Crippen LogP contribution in [0.4, 0.5) is 0 Å². The lowest BCUT2D eigenvalue weighted by Crippen LogP contribution is -2.30. The summed E-state index contributed by atoms with van der Waals surface area (Å²) in [6.07, 6.45) is 53.8. The first kappa shape index (κ1) is 67.7. The fourth-order valence-electron chi connectivity index (χ4n) is 8.09. The van der Waals surface area contributed by atoms with Gasteiger partial charge in [-0.1, -0.05) is 218 Å². The summed E-state index contributed by atoms with van der Waals surface area (Å²) >= 11 is 0. The Labute approximate surface area is 429 Å². The second-order valence-corrected chi connectivity index (χ2v) is 20.9. The molecule has 0 heterocycles. The van der Waals surface area contributed by atoms with Gasteiger partial charge >= 0.3 is 25.7 Å². The topological polar surface area (TPSA) is 155 Å². The van der Waals surface area contributed by atoms with E-state index in [1.54, 1.807) is 0 Å². The first-order chi connectivity index (χ1) is 34.2. The highest BCUT2D eigenvalue weighted by Gasteiger charge is 2.28. The third kappa shape index (κ3) is 50.6. The van der Waals surface area contributed by atoms with E-state index in [4.69, 9.17) is 23.3 Å². The average Bonchev–Trinajstić information content (AvgIpc) is 3.35. The number of hydrogen-bond acceptors (Lipinski definition) is 10. The van der Waals surface area contributed by atoms with Gasteiger partial charge in [-0.3, -0.25) is 23.4 Å². The molecule has 0 fully saturated rings. The Bertz CT molecular complexity index is 1320. The number of allylic oxidation sites excluding steroid dienone is 6. The van der Waals surface area contributed by atoms with Crippen molar-refractivity contribution in [3.05, 3.63) is 36.5 Å². The standard InChI is InChI=1S/C58H107O11P/c1-4-7-10-13-16-19-22-24-26-27-29-31-34-37-40-43-46-49-58(62)69-55(51-65-56(60)47-44-41-38-35-32-21-18-15-12-9-6-3)53-67-70(63,64)66-52-54(50-59)68-57(61)48-45-42-39-36-33-30-28-25-23-20-17-14-11-8-5-2/h16,19,24-26,28,54-55,59H,4-15,17-18,20-23,27,29-53H2,1-3H3,(H,63,64)/b19-16-,26-24-,28-25-. The van der Waals surface area contributed by atoms with Crippen molar-refractivity contribution in [1.29, 1.82) is 0 Å². The summed E-state index contributed by atoms with van der Waals surface area (Å²) in [5.41, 5.74) is 0. The van der Waals surface area contributed by atoms with Crippen LogP contribution >= 0.6 is 7.82 Å². The third-order valence-electron chi connectivity index (χ3n) is 12.5. The van der Waals surface area contributed by atoms with Gasteiger partial charge in [0.15, 0.2) is 6.10 Å². The van der Waals surface area contributed by atoms with E-state index in [1.165, 1.54) is 122 Å². The number of phosphoric ester groups is 1. The van der Waals surface area contributed by atoms with Gasteiger partial charge in [0.1, 0.15) is 12.7 Å². The van der Waals surface area contributed by atoms with E-state index in [2.05, 4.69) is 57.2 Å². The molecule has 0 saturated heterocycles. The summed E-state index contributed by atoms with van der Waals surface area (Å²) in [4.78, 5) is 48.5. The lowest BCUT2D eigenvalue weighted by molar-refractivity contribution is -0.161. The molecule has 3 unspecified atom stereocenters. The number of rotatable bonds is 54. The minimum atomic E-state index is -4.74. The van der Waals surface area contributed by atoms with E-state index in [0.717, 1.165) is 96.3 Å². The van der Waals surface area contributed by atoms with Gasteiger partial charge in [-0.2, -0.15) is 0 Å². The van der Waals surface area contributed by atoms with Gasteiger partial charge in [0.05, 0.1) is 19.8 Å². The zero-order valence-electron chi connectivity index (χ0n) is 45.2. The predicted molar refractivity (Wildman–Crippen MR) is 289 cm³/mol. The molecule has 0 spiro atoms. The van der Waals surface area contributed by atoms with Crippen LogP contribution in [0.25, 0.3) is 0 Å². The van der Waals surface area contributed by atoms with Crippen LogP contribution < -0.4 is 0 Å². The zero-order chi connectivity index (χ0) is 51.3. The molecule has 0 aromatic rings. The second kappa shape index (κ2) is 53.0. The number of carbonyl (C=O) groups is 3. The highest BCUT2D eigenvalue weighted by atomic mass is 31.2. The molecule has 0 aromatic heterocycles. The van der Waals surface area contributed by atoms with E-state index >= 15 is 0 Å². The normalized spacial score (nSPS) is 13.6. The first-order valence-corrected chi connectivity index (χ1v) is 30.4. The molecule has 12 heteroatoms. The Morgan fingerprint density at radius 3 is 1.10 bits per heavy atom. The number of phosphoric acid groups is 1. The zero-order valence-corrected chi connectivity index (χ0v) is 46.1. The van der Waals surface area contributed by atoms with E-state index in [9.17, 15) is 28.9 Å². The van der Waals surface area contributed by atoms with Crippen LogP contribution in [0.5, 0.6) is 0 Å². The molecule has 410 valence electrons. The Morgan fingerprint density at radius 2 is 0.700 bits per heavy atom. The molecular formula is C58H107O11P. The lowest BCUT2D eigenvalue weighted by Gasteiger charge is -2.21. The van der Waals surface area contributed by atoms with Crippen molar-refractivity contribution in [2.75, 3.05) is 26.4 Å². The monoisotopic (exact) mass is 1010 g/mol. The van der Waals surface area contributed by atoms with Crippen LogP contribution in [0.1, 0.15) is 278 Å². The van der Waals surface area contributed by atoms with Gasteiger partial charge < -0.3 is 24.2 Å². The van der Waals surface area contributed by atoms with Gasteiger partial charge in [0.25, 0.3) is 0 Å². The number of hydrogen-bond donors (Lipinski definition) is 2. The van der Waals surface area contributed by atoms with Crippen molar-refractivity contribution in [1.82, 2.24) is 0 Å². The van der Waals surface area contributed by atoms with Crippen molar-refractivity contribution in [3.8, 4) is 0 Å². The maximum Gasteiger partial charge on any atom is 0.472 e. The molecule has 0 aliphatic carbocycles. The van der Waals surface area contributed by atoms with Gasteiger partial charge in [0, 0.05) is 19.3 Å². The highest BCUT2D eigenvalue weighted by Crippen LogP contribution is 2.43. The maximum atomic E-state index is 12.9. The van der Waals surface area contributed by atoms with Crippen molar-refractivity contribution < 1.29 is 52.2 Å². The van der Waals surface area contributed by atoms with Gasteiger partial charge in [-0.05, 0) is 77.0 Å². The fraction of sp³-hybridized carbons (Fsp3) is 0.845. The molecule has 3 atom stereocenters. The van der Waals surface area contributed by atoms with Crippen molar-refractivity contribution in [3.63, 3.8) is 0 Å². The molecule has 70 heavy (non-hydrogen) atoms. The average molecular weight is 1010 g/mol. The summed E-state index contributed by atoms with van der Waals surface area (Å²) in [5, 5.41) is 9.80. The molecule has 0 radical (unpaired) electrons. The van der Waals surface area contributed by atoms with Crippen LogP contribution in [0.3, 0.4) is 0 Å². The second-order valence-electron chi connectivity index (χ2n) is 19.5. The van der Waals surface area contributed by atoms with E-state index in [-0.39, 0.29) is 25.9 Å². The van der Waals surface area contributed by atoms with Crippen molar-refractivity contribution in [2.24, 2.45) is 0 Å². The van der Waals surface area contributed by atoms with Crippen LogP contribution in [0.2, 0.25) is 0 Å². The molecule has 0 aliphatic heterocycles. The number of ether oxygens (including phenoxy) is 3. The van der Waals surface area contributed by atoms with Gasteiger partial charge in [-0.15, -0.1) is 0 Å². The van der Waals surface area contributed by atoms with Crippen molar-refractivity contribution >= 4 is 25.7 Å². The molecule has 0 aromatic carbocycles. The largest absolute Gasteiger partial charge is 0.472 e. The van der Waals surface area contributed by atoms with Crippen LogP contribution in [0.15, 0.2) is 36.5 Å². The van der Waals surface area contributed by atoms with Crippen molar-refractivity contribution in [2.45, 2.75) is 290 Å². The maximum absolute atomic E-state index is 12.9. The molecule has 0 bridgehead atoms. The molecule has 2 N–H and O–H groups in total. The Hall–Kier alpha value is -2.30. The predicted octanol–water partition coefficient (Wildman–Crippen LogP) is 16.8. The summed E-state index contributed by atoms with van der Waals surface area (Å²) in [5.74, 6) is -1.47. The Balaban J connectivity index is 4.68. The van der Waals surface area contributed by atoms with Crippen LogP contribution in [-0.2, 0) is 42.2 Å². The van der Waals surface area contributed by atoms with E-state index in [0.29, 0.717) is 19.3 Å². The number of aliphatic hydroxyl groups excluding tert-OH is 1. The molecule has 0 aliphatic rings. The van der Waals surface area contributed by atoms with E-state index in [1.807, 2.05) is 0 Å². The number of aliphatic hydroxyl groups is 1. The minimum absolute atomic E-state index is 0.162. The first-order valence-electron chi connectivity index (χ1n) is 28.9. The molecule has 11 nitrogen and oxygen atoms in total. The summed E-state index contributed by atoms with van der Waals surface area (Å²) < 4.78 is 39.5. The number of carbonyl (C=O) groups excluding carboxylic acids is 3. The fourth-order valence-corrected chi connectivity index (χ4v) is 8.87. The van der Waals surface area contributed by atoms with Gasteiger partial charge in [-0.25, -0.2) is 4.57 Å². The summed E-state index contributed by atoms with van der Waals surface area (Å²) in [7, 11) is -4.74. The highest BCUT2D eigenvalue weighted by molar-refractivity contribution is 7.47. The lowest BCUT2D eigenvalue weighted by atomic mass is 10.1. The molecule has 0 rings (SSSR count). The Kier molecular flexibility index (Phi) is 51.3. The Morgan fingerprint density at radius 1 is 0.400 bits per heavy atom. The van der Waals surface area contributed by atoms with Gasteiger partial charge in [0.2, 0.25) is 0 Å². The third-order valence-corrected chi connectivity index (χ3v) is 13.5. The number of unbranched alkanes of at least 4 members (excludes halogenated alkanes) is 31. The molecule has 0 saturated carbocycles. The van der Waals surface area contributed by atoms with E-state index < -0.39 is 57.8 Å². The summed E-state index contributed by atoms with van der Waals surface area (Å²) in [6, 6.07) is 0. The minimum Gasteiger partial charge on any atom is -0.462 e. The number of esters is 3. The summed E-state index contributed by atoms with van der Waals surface area (Å²) in [6.45, 7) is 4.62. The smallest absolute Gasteiger partial charge is 0.462 e. The molecule has 0 amide bonds. The quantitative estimate of drug-likeness (QED) is 0.0197. The van der Waals surface area contributed by atoms with Crippen LogP contribution in [0, 0.1) is 0 Å². The van der Waals surface area contributed by atoms with Crippen LogP contribution in [-0.4, -0.2) is 66.5 Å². The molecular weight excluding hydrogens is 904 g/mol.